The van der Waals surface area contributed by atoms with Crippen LogP contribution in [0.2, 0.25) is 0 Å². The van der Waals surface area contributed by atoms with Crippen molar-refractivity contribution in [2.45, 2.75) is 25.2 Å². The number of rotatable bonds is 11. The summed E-state index contributed by atoms with van der Waals surface area (Å²) in [5.41, 5.74) is 0. The molecule has 0 aliphatic carbocycles. The molecule has 2 amide bonds. The van der Waals surface area contributed by atoms with Gasteiger partial charge in [0.1, 0.15) is 0 Å². The van der Waals surface area contributed by atoms with Crippen LogP contribution < -0.4 is 14.2 Å². The fraction of sp³-hybridized carbons (Fsp3) is 0.556. The molecule has 1 rings (SSSR count). The van der Waals surface area contributed by atoms with Crippen molar-refractivity contribution in [3.05, 3.63) is 18.2 Å². The highest BCUT2D eigenvalue weighted by molar-refractivity contribution is 7.89. The zero-order chi connectivity index (χ0) is 21.3. The predicted octanol–water partition coefficient (Wildman–Crippen LogP) is 0.699. The molecule has 0 aliphatic heterocycles. The van der Waals surface area contributed by atoms with Gasteiger partial charge < -0.3 is 19.3 Å². The molecule has 0 fully saturated rings. The molecule has 0 saturated carbocycles. The van der Waals surface area contributed by atoms with Gasteiger partial charge in [-0.15, -0.1) is 0 Å². The summed E-state index contributed by atoms with van der Waals surface area (Å²) in [4.78, 5) is 27.1. The maximum Gasteiger partial charge on any atom is 0.242 e. The third kappa shape index (κ3) is 6.38. The molecule has 0 bridgehead atoms. The summed E-state index contributed by atoms with van der Waals surface area (Å²) in [5.74, 6) is 0.231. The average molecular weight is 416 g/mol. The molecule has 0 spiro atoms. The number of ether oxygens (including phenoxy) is 2. The smallest absolute Gasteiger partial charge is 0.242 e. The van der Waals surface area contributed by atoms with Crippen LogP contribution in [0.15, 0.2) is 23.1 Å². The number of carbonyl (C=O) groups is 2. The molecule has 0 heterocycles. The molecule has 1 aromatic carbocycles. The number of sulfonamides is 1. The van der Waals surface area contributed by atoms with E-state index in [-0.39, 0.29) is 42.0 Å². The Morgan fingerprint density at radius 2 is 1.64 bits per heavy atom. The molecule has 10 heteroatoms. The minimum absolute atomic E-state index is 0.00247. The van der Waals surface area contributed by atoms with Crippen molar-refractivity contribution in [2.75, 3.05) is 47.4 Å². The molecule has 0 aromatic heterocycles. The molecule has 1 aromatic rings. The Kier molecular flexibility index (Phi) is 9.20. The Bertz CT molecular complexity index is 778. The third-order valence-electron chi connectivity index (χ3n) is 4.21. The second kappa shape index (κ2) is 10.9. The number of likely N-dealkylation sites (N-methyl/N-ethyl adjacent to an activating group) is 2. The minimum atomic E-state index is -3.82. The van der Waals surface area contributed by atoms with Crippen LogP contribution in [0, 0.1) is 0 Å². The van der Waals surface area contributed by atoms with E-state index < -0.39 is 10.0 Å². The topological polar surface area (TPSA) is 105 Å². The van der Waals surface area contributed by atoms with E-state index >= 15 is 0 Å². The minimum Gasteiger partial charge on any atom is -0.493 e. The van der Waals surface area contributed by atoms with Crippen LogP contribution in [0.3, 0.4) is 0 Å². The molecule has 0 atom stereocenters. The first-order valence-corrected chi connectivity index (χ1v) is 10.4. The van der Waals surface area contributed by atoms with E-state index in [1.54, 1.807) is 4.90 Å². The highest BCUT2D eigenvalue weighted by Crippen LogP contribution is 2.29. The molecule has 0 saturated heterocycles. The Morgan fingerprint density at radius 3 is 2.18 bits per heavy atom. The van der Waals surface area contributed by atoms with Crippen LogP contribution in [-0.4, -0.2) is 77.5 Å². The number of hydrogen-bond donors (Lipinski definition) is 1. The van der Waals surface area contributed by atoms with Crippen LogP contribution in [0.5, 0.6) is 11.5 Å². The molecule has 158 valence electrons. The maximum atomic E-state index is 12.4. The van der Waals surface area contributed by atoms with Gasteiger partial charge in [-0.3, -0.25) is 9.59 Å². The van der Waals surface area contributed by atoms with E-state index in [2.05, 4.69) is 4.72 Å². The summed E-state index contributed by atoms with van der Waals surface area (Å²) in [7, 11) is 0.573. The van der Waals surface area contributed by atoms with Crippen molar-refractivity contribution >= 4 is 21.8 Å². The molecule has 0 unspecified atom stereocenters. The number of nitrogens with one attached hydrogen (secondary N) is 1. The zero-order valence-electron chi connectivity index (χ0n) is 17.0. The van der Waals surface area contributed by atoms with E-state index in [0.717, 1.165) is 0 Å². The van der Waals surface area contributed by atoms with E-state index in [1.165, 1.54) is 44.4 Å². The van der Waals surface area contributed by atoms with Crippen LogP contribution in [0.1, 0.15) is 20.3 Å². The normalized spacial score (nSPS) is 11.0. The lowest BCUT2D eigenvalue weighted by Gasteiger charge is -2.23. The number of benzene rings is 1. The van der Waals surface area contributed by atoms with E-state index in [0.29, 0.717) is 18.8 Å². The predicted molar refractivity (Wildman–Crippen MR) is 105 cm³/mol. The molecule has 1 N–H and O–H groups in total. The summed E-state index contributed by atoms with van der Waals surface area (Å²) < 4.78 is 37.4. The summed E-state index contributed by atoms with van der Waals surface area (Å²) >= 11 is 0. The van der Waals surface area contributed by atoms with Gasteiger partial charge in [0.15, 0.2) is 11.5 Å². The summed E-state index contributed by atoms with van der Waals surface area (Å²) in [5, 5.41) is 0. The first kappa shape index (κ1) is 23.7. The SMILES string of the molecule is CCN(CC)C(=O)CN(C)C(=O)CCNS(=O)(=O)c1ccc(OC)c(OC)c1. The number of methoxy groups -OCH3 is 2. The zero-order valence-corrected chi connectivity index (χ0v) is 17.8. The van der Waals surface area contributed by atoms with E-state index in [4.69, 9.17) is 9.47 Å². The van der Waals surface area contributed by atoms with Gasteiger partial charge in [-0.05, 0) is 26.0 Å². The van der Waals surface area contributed by atoms with Crippen molar-refractivity contribution < 1.29 is 27.5 Å². The van der Waals surface area contributed by atoms with E-state index in [1.807, 2.05) is 13.8 Å². The quantitative estimate of drug-likeness (QED) is 0.570. The van der Waals surface area contributed by atoms with Gasteiger partial charge in [0.05, 0.1) is 25.7 Å². The third-order valence-corrected chi connectivity index (χ3v) is 5.67. The fourth-order valence-electron chi connectivity index (χ4n) is 2.52. The lowest BCUT2D eigenvalue weighted by molar-refractivity contribution is -0.139. The Morgan fingerprint density at radius 1 is 1.04 bits per heavy atom. The van der Waals surface area contributed by atoms with Gasteiger partial charge in [0.2, 0.25) is 21.8 Å². The van der Waals surface area contributed by atoms with Gasteiger partial charge in [-0.2, -0.15) is 0 Å². The maximum absolute atomic E-state index is 12.4. The first-order chi connectivity index (χ1) is 13.2. The standard InChI is InChI=1S/C18H29N3O6S/c1-6-21(7-2)18(23)13-20(3)17(22)10-11-19-28(24,25)14-8-9-15(26-4)16(12-14)27-5/h8-9,12,19H,6-7,10-11,13H2,1-5H3. The Labute approximate surface area is 166 Å². The van der Waals surface area contributed by atoms with Gasteiger partial charge in [0.25, 0.3) is 0 Å². The number of hydrogen-bond acceptors (Lipinski definition) is 6. The molecule has 0 aliphatic rings. The summed E-state index contributed by atoms with van der Waals surface area (Å²) in [6, 6.07) is 4.23. The van der Waals surface area contributed by atoms with Crippen molar-refractivity contribution in [2.24, 2.45) is 0 Å². The van der Waals surface area contributed by atoms with Crippen molar-refractivity contribution in [1.82, 2.24) is 14.5 Å². The Hall–Kier alpha value is -2.33. The van der Waals surface area contributed by atoms with Crippen LogP contribution >= 0.6 is 0 Å². The van der Waals surface area contributed by atoms with Crippen LogP contribution in [0.4, 0.5) is 0 Å². The largest absolute Gasteiger partial charge is 0.493 e. The highest BCUT2D eigenvalue weighted by atomic mass is 32.2. The van der Waals surface area contributed by atoms with Crippen molar-refractivity contribution in [3.8, 4) is 11.5 Å². The number of nitrogens with zero attached hydrogens (tertiary/aromatic N) is 2. The van der Waals surface area contributed by atoms with Crippen LogP contribution in [-0.2, 0) is 19.6 Å². The lowest BCUT2D eigenvalue weighted by atomic mass is 10.3. The van der Waals surface area contributed by atoms with Gasteiger partial charge in [-0.1, -0.05) is 0 Å². The molecule has 0 radical (unpaired) electrons. The van der Waals surface area contributed by atoms with Gasteiger partial charge in [0, 0.05) is 39.2 Å². The molecular formula is C18H29N3O6S. The lowest BCUT2D eigenvalue weighted by Crippen LogP contribution is -2.41. The Balaban J connectivity index is 2.64. The van der Waals surface area contributed by atoms with Crippen LogP contribution in [0.25, 0.3) is 0 Å². The van der Waals surface area contributed by atoms with Crippen molar-refractivity contribution in [1.29, 1.82) is 0 Å². The van der Waals surface area contributed by atoms with Gasteiger partial charge in [-0.25, -0.2) is 13.1 Å². The summed E-state index contributed by atoms with van der Waals surface area (Å²) in [6.45, 7) is 4.76. The van der Waals surface area contributed by atoms with E-state index in [9.17, 15) is 18.0 Å². The van der Waals surface area contributed by atoms with Crippen molar-refractivity contribution in [3.63, 3.8) is 0 Å². The monoisotopic (exact) mass is 415 g/mol. The second-order valence-electron chi connectivity index (χ2n) is 5.98. The fourth-order valence-corrected chi connectivity index (χ4v) is 3.56. The number of carbonyl (C=O) groups excluding carboxylic acids is 2. The molecular weight excluding hydrogens is 386 g/mol. The summed E-state index contributed by atoms with van der Waals surface area (Å²) in [6.07, 6.45) is -0.0610. The average Bonchev–Trinajstić information content (AvgIpc) is 2.67. The first-order valence-electron chi connectivity index (χ1n) is 8.93. The molecule has 9 nitrogen and oxygen atoms in total. The highest BCUT2D eigenvalue weighted by Gasteiger charge is 2.19. The van der Waals surface area contributed by atoms with Gasteiger partial charge >= 0.3 is 0 Å². The number of amides is 2. The molecule has 28 heavy (non-hydrogen) atoms. The second-order valence-corrected chi connectivity index (χ2v) is 7.75.